The summed E-state index contributed by atoms with van der Waals surface area (Å²) in [6, 6.07) is 0. The lowest BCUT2D eigenvalue weighted by Crippen LogP contribution is -2.18. The number of nitrogens with zero attached hydrogens (tertiary/aromatic N) is 1. The van der Waals surface area contributed by atoms with Gasteiger partial charge in [0.05, 0.1) is 0 Å². The average molecular weight is 252 g/mol. The molecule has 5 heteroatoms. The molecule has 0 unspecified atom stereocenters. The topological polar surface area (TPSA) is 36.2 Å². The van der Waals surface area contributed by atoms with Crippen molar-refractivity contribution in [2.75, 3.05) is 7.05 Å². The van der Waals surface area contributed by atoms with Crippen molar-refractivity contribution in [3.63, 3.8) is 0 Å². The Morgan fingerprint density at radius 1 is 1.29 bits per heavy atom. The summed E-state index contributed by atoms with van der Waals surface area (Å²) in [6.07, 6.45) is -1.84. The lowest BCUT2D eigenvalue weighted by atomic mass is 9.80. The van der Waals surface area contributed by atoms with Crippen LogP contribution in [0.15, 0.2) is 4.99 Å². The Morgan fingerprint density at radius 2 is 1.71 bits per heavy atom. The Kier molecular flexibility index (Phi) is 8.11. The first-order chi connectivity index (χ1) is 7.46. The third-order valence-electron chi connectivity index (χ3n) is 2.70. The van der Waals surface area contributed by atoms with Crippen molar-refractivity contribution in [2.45, 2.75) is 47.2 Å². The fourth-order valence-electron chi connectivity index (χ4n) is 0.657. The van der Waals surface area contributed by atoms with E-state index in [9.17, 15) is 13.2 Å². The van der Waals surface area contributed by atoms with E-state index in [0.29, 0.717) is 11.3 Å². The molecular formula is C12H23F3N2. The van der Waals surface area contributed by atoms with E-state index in [2.05, 4.69) is 32.7 Å². The van der Waals surface area contributed by atoms with Gasteiger partial charge in [0, 0.05) is 7.05 Å². The molecule has 0 fully saturated rings. The van der Waals surface area contributed by atoms with Crippen LogP contribution in [-0.2, 0) is 0 Å². The lowest BCUT2D eigenvalue weighted by Gasteiger charge is -2.25. The monoisotopic (exact) mass is 252 g/mol. The van der Waals surface area contributed by atoms with E-state index in [1.54, 1.807) is 0 Å². The Bertz CT molecular complexity index is 249. The Hall–Kier alpha value is -0.870. The van der Waals surface area contributed by atoms with Gasteiger partial charge in [-0.15, -0.1) is 0 Å². The van der Waals surface area contributed by atoms with E-state index in [-0.39, 0.29) is 0 Å². The summed E-state index contributed by atoms with van der Waals surface area (Å²) < 4.78 is 34.0. The molecule has 0 spiro atoms. The molecule has 0 radical (unpaired) electrons. The summed E-state index contributed by atoms with van der Waals surface area (Å²) in [7, 11) is 1.11. The van der Waals surface area contributed by atoms with Gasteiger partial charge in [-0.1, -0.05) is 27.7 Å². The van der Waals surface area contributed by atoms with Gasteiger partial charge in [-0.05, 0) is 30.9 Å². The Balaban J connectivity index is 0. The summed E-state index contributed by atoms with van der Waals surface area (Å²) >= 11 is 0. The molecule has 0 saturated heterocycles. The lowest BCUT2D eigenvalue weighted by molar-refractivity contribution is -0.0592. The molecule has 0 aromatic heterocycles. The summed E-state index contributed by atoms with van der Waals surface area (Å²) in [5.41, 5.74) is -0.435. The van der Waals surface area contributed by atoms with Crippen LogP contribution in [0, 0.1) is 16.7 Å². The van der Waals surface area contributed by atoms with Crippen molar-refractivity contribution < 1.29 is 13.2 Å². The van der Waals surface area contributed by atoms with E-state index in [4.69, 9.17) is 5.41 Å². The molecular weight excluding hydrogens is 229 g/mol. The van der Waals surface area contributed by atoms with Crippen molar-refractivity contribution in [1.82, 2.24) is 0 Å². The second kappa shape index (κ2) is 7.45. The van der Waals surface area contributed by atoms with Gasteiger partial charge in [0.15, 0.2) is 0 Å². The zero-order valence-corrected chi connectivity index (χ0v) is 11.4. The number of nitrogens with one attached hydrogen (secondary N) is 1. The number of hydrogen-bond acceptors (Lipinski definition) is 2. The number of hydrogen-bond donors (Lipinski definition) is 1. The molecule has 0 bridgehead atoms. The van der Waals surface area contributed by atoms with Crippen LogP contribution in [0.2, 0.25) is 0 Å². The van der Waals surface area contributed by atoms with Crippen molar-refractivity contribution in [3.8, 4) is 0 Å². The molecule has 0 heterocycles. The van der Waals surface area contributed by atoms with Crippen molar-refractivity contribution in [3.05, 3.63) is 0 Å². The van der Waals surface area contributed by atoms with Crippen LogP contribution in [0.3, 0.4) is 0 Å². The van der Waals surface area contributed by atoms with Gasteiger partial charge < -0.3 is 5.41 Å². The fourth-order valence-corrected chi connectivity index (χ4v) is 0.657. The van der Waals surface area contributed by atoms with Gasteiger partial charge in [0.2, 0.25) is 0 Å². The molecule has 0 aliphatic carbocycles. The number of rotatable bonds is 2. The zero-order valence-electron chi connectivity index (χ0n) is 11.4. The fraction of sp³-hybridized carbons (Fsp3) is 0.833. The molecule has 0 saturated carbocycles. The van der Waals surface area contributed by atoms with Gasteiger partial charge in [-0.25, -0.2) is 0 Å². The minimum Gasteiger partial charge on any atom is -0.313 e. The zero-order chi connectivity index (χ0) is 14.3. The van der Waals surface area contributed by atoms with Crippen molar-refractivity contribution in [2.24, 2.45) is 16.3 Å². The summed E-state index contributed by atoms with van der Waals surface area (Å²) in [4.78, 5) is 2.95. The molecule has 0 aliphatic rings. The van der Waals surface area contributed by atoms with Gasteiger partial charge in [0.1, 0.15) is 5.71 Å². The summed E-state index contributed by atoms with van der Waals surface area (Å²) in [5.74, 6) is 0.620. The molecule has 102 valence electrons. The highest BCUT2D eigenvalue weighted by Crippen LogP contribution is 2.26. The molecule has 1 N–H and O–H groups in total. The largest absolute Gasteiger partial charge is 0.428 e. The van der Waals surface area contributed by atoms with Gasteiger partial charge in [-0.2, -0.15) is 13.2 Å². The molecule has 0 aromatic carbocycles. The number of alkyl halides is 3. The molecule has 0 rings (SSSR count). The van der Waals surface area contributed by atoms with Crippen molar-refractivity contribution >= 4 is 11.9 Å². The molecule has 0 aromatic rings. The van der Waals surface area contributed by atoms with Crippen LogP contribution >= 0.6 is 0 Å². The highest BCUT2D eigenvalue weighted by atomic mass is 19.4. The molecule has 1 atom stereocenters. The molecule has 2 nitrogen and oxygen atoms in total. The van der Waals surface area contributed by atoms with Crippen LogP contribution in [0.4, 0.5) is 13.2 Å². The second-order valence-corrected chi connectivity index (χ2v) is 5.01. The minimum atomic E-state index is -4.24. The number of aliphatic imine (C=N–C) groups is 1. The van der Waals surface area contributed by atoms with Gasteiger partial charge >= 0.3 is 6.18 Å². The third-order valence-corrected chi connectivity index (χ3v) is 2.70. The first-order valence-electron chi connectivity index (χ1n) is 5.46. The van der Waals surface area contributed by atoms with Crippen LogP contribution in [0.5, 0.6) is 0 Å². The highest BCUT2D eigenvalue weighted by molar-refractivity contribution is 5.87. The van der Waals surface area contributed by atoms with E-state index >= 15 is 0 Å². The normalized spacial score (nSPS) is 14.8. The first-order valence-corrected chi connectivity index (χ1v) is 5.46. The highest BCUT2D eigenvalue weighted by Gasteiger charge is 2.30. The molecule has 17 heavy (non-hydrogen) atoms. The number of halogens is 3. The molecule has 0 amide bonds. The summed E-state index contributed by atoms with van der Waals surface area (Å²) in [6.45, 7) is 9.74. The SMILES string of the molecule is CN=C(C)C(F)(F)F.C[C@H](CC=N)C(C)(C)C. The minimum absolute atomic E-state index is 0.359. The Labute approximate surface area is 102 Å². The van der Waals surface area contributed by atoms with Gasteiger partial charge in [0.25, 0.3) is 0 Å². The average Bonchev–Trinajstić information content (AvgIpc) is 2.15. The van der Waals surface area contributed by atoms with E-state index in [1.807, 2.05) is 0 Å². The van der Waals surface area contributed by atoms with Crippen LogP contribution < -0.4 is 0 Å². The first kappa shape index (κ1) is 18.5. The molecule has 0 aliphatic heterocycles. The predicted molar refractivity (Wildman–Crippen MR) is 67.1 cm³/mol. The summed E-state index contributed by atoms with van der Waals surface area (Å²) in [5, 5.41) is 6.89. The standard InChI is InChI=1S/C8H17N.C4H6F3N/c1-7(5-6-9)8(2,3)4;1-3(8-2)4(5,6)7/h6-7,9H,5H2,1-4H3;1-2H3/t7-;/m1./s1. The predicted octanol–water partition coefficient (Wildman–Crippen LogP) is 4.35. The third kappa shape index (κ3) is 10.0. The van der Waals surface area contributed by atoms with Crippen LogP contribution in [-0.4, -0.2) is 25.2 Å². The smallest absolute Gasteiger partial charge is 0.313 e. The second-order valence-electron chi connectivity index (χ2n) is 5.01. The van der Waals surface area contributed by atoms with Crippen LogP contribution in [0.1, 0.15) is 41.0 Å². The van der Waals surface area contributed by atoms with Crippen molar-refractivity contribution in [1.29, 1.82) is 5.41 Å². The van der Waals surface area contributed by atoms with Gasteiger partial charge in [-0.3, -0.25) is 4.99 Å². The Morgan fingerprint density at radius 3 is 1.76 bits per heavy atom. The maximum absolute atomic E-state index is 11.3. The maximum Gasteiger partial charge on any atom is 0.428 e. The van der Waals surface area contributed by atoms with E-state index in [1.165, 1.54) is 6.21 Å². The van der Waals surface area contributed by atoms with Crippen LogP contribution in [0.25, 0.3) is 0 Å². The van der Waals surface area contributed by atoms with E-state index in [0.717, 1.165) is 20.4 Å². The van der Waals surface area contributed by atoms with E-state index < -0.39 is 11.9 Å². The quantitative estimate of drug-likeness (QED) is 0.709. The maximum atomic E-state index is 11.3.